The Bertz CT molecular complexity index is 1270. The summed E-state index contributed by atoms with van der Waals surface area (Å²) < 4.78 is 10.8. The number of aromatic nitrogens is 2. The maximum atomic E-state index is 12.4. The first-order valence-corrected chi connectivity index (χ1v) is 9.68. The van der Waals surface area contributed by atoms with Gasteiger partial charge in [0.05, 0.1) is 30.1 Å². The molecule has 0 spiro atoms. The van der Waals surface area contributed by atoms with Crippen molar-refractivity contribution in [1.29, 1.82) is 0 Å². The zero-order valence-electron chi connectivity index (χ0n) is 16.4. The molecule has 4 aromatic rings. The second kappa shape index (κ2) is 9.23. The minimum atomic E-state index is -0.568. The molecule has 0 fully saturated rings. The number of fused-ring (bicyclic) bond motifs is 1. The molecule has 31 heavy (non-hydrogen) atoms. The number of carbonyl (C=O) groups is 1. The molecule has 154 valence electrons. The number of hydrogen-bond acceptors (Lipinski definition) is 7. The highest BCUT2D eigenvalue weighted by molar-refractivity contribution is 6.33. The summed E-state index contributed by atoms with van der Waals surface area (Å²) in [7, 11) is 1.49. The van der Waals surface area contributed by atoms with Crippen LogP contribution in [0.15, 0.2) is 78.0 Å². The van der Waals surface area contributed by atoms with Gasteiger partial charge in [-0.15, -0.1) is 5.10 Å². The number of esters is 1. The van der Waals surface area contributed by atoms with Crippen molar-refractivity contribution in [3.05, 3.63) is 89.1 Å². The van der Waals surface area contributed by atoms with E-state index >= 15 is 0 Å². The highest BCUT2D eigenvalue weighted by Crippen LogP contribution is 2.29. The van der Waals surface area contributed by atoms with E-state index in [2.05, 4.69) is 20.7 Å². The Morgan fingerprint density at radius 2 is 1.87 bits per heavy atom. The van der Waals surface area contributed by atoms with Crippen LogP contribution in [0.5, 0.6) is 11.5 Å². The molecule has 3 aromatic carbocycles. The Morgan fingerprint density at radius 1 is 1.06 bits per heavy atom. The van der Waals surface area contributed by atoms with Crippen LogP contribution in [-0.4, -0.2) is 29.5 Å². The number of hydrazone groups is 1. The minimum Gasteiger partial charge on any atom is -0.493 e. The fourth-order valence-corrected chi connectivity index (χ4v) is 3.12. The topological polar surface area (TPSA) is 85.7 Å². The number of carbonyl (C=O) groups excluding carboxylic acids is 1. The fraction of sp³-hybridized carbons (Fsp3) is 0.0435. The fourth-order valence-electron chi connectivity index (χ4n) is 2.91. The van der Waals surface area contributed by atoms with Gasteiger partial charge in [-0.1, -0.05) is 48.0 Å². The maximum Gasteiger partial charge on any atom is 0.345 e. The van der Waals surface area contributed by atoms with E-state index in [-0.39, 0.29) is 11.3 Å². The predicted molar refractivity (Wildman–Crippen MR) is 120 cm³/mol. The molecule has 1 heterocycles. The molecule has 0 bridgehead atoms. The summed E-state index contributed by atoms with van der Waals surface area (Å²) in [5, 5.41) is 14.5. The molecule has 1 N–H and O–H groups in total. The molecule has 0 radical (unpaired) electrons. The number of nitrogens with zero attached hydrogens (tertiary/aromatic N) is 3. The molecule has 7 nitrogen and oxygen atoms in total. The largest absolute Gasteiger partial charge is 0.493 e. The van der Waals surface area contributed by atoms with Crippen LogP contribution in [0.25, 0.3) is 10.8 Å². The molecule has 0 amide bonds. The van der Waals surface area contributed by atoms with Gasteiger partial charge in [0, 0.05) is 10.8 Å². The van der Waals surface area contributed by atoms with Crippen LogP contribution in [0, 0.1) is 0 Å². The molecule has 0 saturated carbocycles. The van der Waals surface area contributed by atoms with Crippen LogP contribution in [0.1, 0.15) is 15.9 Å². The Hall–Kier alpha value is -3.97. The summed E-state index contributed by atoms with van der Waals surface area (Å²) in [6.45, 7) is 0. The Balaban J connectivity index is 1.50. The number of benzene rings is 3. The smallest absolute Gasteiger partial charge is 0.345 e. The van der Waals surface area contributed by atoms with Crippen LogP contribution >= 0.6 is 11.6 Å². The average Bonchev–Trinajstić information content (AvgIpc) is 2.80. The Morgan fingerprint density at radius 3 is 2.71 bits per heavy atom. The first-order chi connectivity index (χ1) is 15.2. The van der Waals surface area contributed by atoms with E-state index in [0.717, 1.165) is 16.3 Å². The number of anilines is 1. The molecule has 0 atom stereocenters. The zero-order chi connectivity index (χ0) is 21.6. The van der Waals surface area contributed by atoms with E-state index in [1.165, 1.54) is 7.11 Å². The van der Waals surface area contributed by atoms with Crippen molar-refractivity contribution in [2.45, 2.75) is 0 Å². The molecule has 0 saturated heterocycles. The van der Waals surface area contributed by atoms with Gasteiger partial charge in [0.2, 0.25) is 0 Å². The highest BCUT2D eigenvalue weighted by Gasteiger charge is 2.15. The number of methoxy groups -OCH3 is 1. The second-order valence-corrected chi connectivity index (χ2v) is 6.84. The summed E-state index contributed by atoms with van der Waals surface area (Å²) in [6.07, 6.45) is 3.30. The maximum absolute atomic E-state index is 12.4. The lowest BCUT2D eigenvalue weighted by Gasteiger charge is -2.10. The van der Waals surface area contributed by atoms with E-state index in [9.17, 15) is 4.79 Å². The van der Waals surface area contributed by atoms with Crippen LogP contribution in [-0.2, 0) is 0 Å². The van der Waals surface area contributed by atoms with Gasteiger partial charge >= 0.3 is 5.97 Å². The molecular formula is C23H17ClN4O3. The number of rotatable bonds is 6. The van der Waals surface area contributed by atoms with Crippen LogP contribution in [0.4, 0.5) is 5.82 Å². The molecule has 0 aliphatic carbocycles. The molecule has 0 aliphatic heterocycles. The Labute approximate surface area is 183 Å². The van der Waals surface area contributed by atoms with Gasteiger partial charge in [-0.25, -0.2) is 4.79 Å². The highest BCUT2D eigenvalue weighted by atomic mass is 35.5. The lowest BCUT2D eigenvalue weighted by molar-refractivity contribution is 0.0730. The van der Waals surface area contributed by atoms with Crippen LogP contribution in [0.2, 0.25) is 5.02 Å². The quantitative estimate of drug-likeness (QED) is 0.201. The van der Waals surface area contributed by atoms with Crippen molar-refractivity contribution in [3.63, 3.8) is 0 Å². The summed E-state index contributed by atoms with van der Waals surface area (Å²) in [6, 6.07) is 19.5. The van der Waals surface area contributed by atoms with Crippen LogP contribution < -0.4 is 14.9 Å². The molecule has 0 aliphatic rings. The number of halogens is 1. The van der Waals surface area contributed by atoms with Gasteiger partial charge in [-0.2, -0.15) is 10.2 Å². The predicted octanol–water partition coefficient (Wildman–Crippen LogP) is 4.96. The van der Waals surface area contributed by atoms with Gasteiger partial charge in [0.25, 0.3) is 0 Å². The van der Waals surface area contributed by atoms with Gasteiger partial charge in [0.1, 0.15) is 0 Å². The summed E-state index contributed by atoms with van der Waals surface area (Å²) >= 11 is 6.06. The van der Waals surface area contributed by atoms with Crippen LogP contribution in [0.3, 0.4) is 0 Å². The van der Waals surface area contributed by atoms with Crippen molar-refractivity contribution in [1.82, 2.24) is 10.2 Å². The molecule has 4 rings (SSSR count). The van der Waals surface area contributed by atoms with E-state index in [0.29, 0.717) is 16.6 Å². The first kappa shape index (κ1) is 20.3. The summed E-state index contributed by atoms with van der Waals surface area (Å²) in [4.78, 5) is 12.4. The van der Waals surface area contributed by atoms with Gasteiger partial charge in [0.15, 0.2) is 17.3 Å². The number of ether oxygens (including phenoxy) is 2. The molecule has 8 heteroatoms. The monoisotopic (exact) mass is 432 g/mol. The summed E-state index contributed by atoms with van der Waals surface area (Å²) in [5.74, 6) is 0.639. The number of hydrogen-bond donors (Lipinski definition) is 1. The van der Waals surface area contributed by atoms with Gasteiger partial charge < -0.3 is 9.47 Å². The average molecular weight is 433 g/mol. The SMILES string of the molecule is COc1cc(C=NNc2nncc3ccccc23)ccc1OC(=O)c1ccccc1Cl. The molecular weight excluding hydrogens is 416 g/mol. The van der Waals surface area contributed by atoms with Crippen molar-refractivity contribution >= 4 is 40.4 Å². The third kappa shape index (κ3) is 4.62. The normalized spacial score (nSPS) is 10.9. The van der Waals surface area contributed by atoms with Gasteiger partial charge in [-0.3, -0.25) is 5.43 Å². The third-order valence-corrected chi connectivity index (χ3v) is 4.77. The third-order valence-electron chi connectivity index (χ3n) is 4.44. The first-order valence-electron chi connectivity index (χ1n) is 9.30. The van der Waals surface area contributed by atoms with Crippen molar-refractivity contribution < 1.29 is 14.3 Å². The lowest BCUT2D eigenvalue weighted by Crippen LogP contribution is -2.10. The van der Waals surface area contributed by atoms with Crippen molar-refractivity contribution in [3.8, 4) is 11.5 Å². The van der Waals surface area contributed by atoms with E-state index in [4.69, 9.17) is 21.1 Å². The molecule has 0 unspecified atom stereocenters. The number of nitrogens with one attached hydrogen (secondary N) is 1. The lowest BCUT2D eigenvalue weighted by atomic mass is 10.2. The summed E-state index contributed by atoms with van der Waals surface area (Å²) in [5.41, 5.74) is 3.91. The van der Waals surface area contributed by atoms with Crippen molar-refractivity contribution in [2.24, 2.45) is 5.10 Å². The van der Waals surface area contributed by atoms with E-state index in [1.54, 1.807) is 54.9 Å². The Kier molecular flexibility index (Phi) is 6.05. The standard InChI is InChI=1S/C23H17ClN4O3/c1-30-21-12-15(10-11-20(21)31-23(29)18-8-4-5-9-19(18)24)13-25-27-22-17-7-3-2-6-16(17)14-26-28-22/h2-14H,1H3,(H,27,28). The minimum absolute atomic E-state index is 0.275. The van der Waals surface area contributed by atoms with E-state index in [1.807, 2.05) is 24.3 Å². The molecule has 1 aromatic heterocycles. The second-order valence-electron chi connectivity index (χ2n) is 6.43. The van der Waals surface area contributed by atoms with E-state index < -0.39 is 5.97 Å². The van der Waals surface area contributed by atoms with Gasteiger partial charge in [-0.05, 0) is 35.9 Å². The zero-order valence-corrected chi connectivity index (χ0v) is 17.2. The van der Waals surface area contributed by atoms with Crippen molar-refractivity contribution in [2.75, 3.05) is 12.5 Å².